The Morgan fingerprint density at radius 3 is 2.60 bits per heavy atom. The highest BCUT2D eigenvalue weighted by Crippen LogP contribution is 2.30. The summed E-state index contributed by atoms with van der Waals surface area (Å²) < 4.78 is 32.0. The predicted molar refractivity (Wildman–Crippen MR) is 89.3 cm³/mol. The van der Waals surface area contributed by atoms with Crippen molar-refractivity contribution >= 4 is 21.3 Å². The monoisotopic (exact) mass is 364 g/mol. The molecule has 0 saturated carbocycles. The molecule has 2 aromatic rings. The Bertz CT molecular complexity index is 947. The molecule has 1 aliphatic rings. The second kappa shape index (κ2) is 6.43. The molecule has 0 saturated heterocycles. The fraction of sp³-hybridized carbons (Fsp3) is 0.250. The first-order chi connectivity index (χ1) is 11.8. The number of rotatable bonds is 4. The van der Waals surface area contributed by atoms with Crippen molar-refractivity contribution in [2.75, 3.05) is 13.1 Å². The molecule has 0 radical (unpaired) electrons. The highest BCUT2D eigenvalue weighted by molar-refractivity contribution is 7.89. The van der Waals surface area contributed by atoms with Gasteiger partial charge in [0.05, 0.1) is 11.0 Å². The number of benzene rings is 1. The zero-order valence-electron chi connectivity index (χ0n) is 13.3. The number of aryl methyl sites for hydroxylation is 1. The number of nitrogens with zero attached hydrogens (tertiary/aromatic N) is 2. The van der Waals surface area contributed by atoms with Crippen molar-refractivity contribution in [3.8, 4) is 0 Å². The number of nitro groups is 1. The molecular formula is C16H16N2O6S. The summed E-state index contributed by atoms with van der Waals surface area (Å²) in [7, 11) is -4.11. The van der Waals surface area contributed by atoms with E-state index in [1.807, 2.05) is 0 Å². The Hall–Kier alpha value is -2.49. The van der Waals surface area contributed by atoms with Crippen LogP contribution in [-0.4, -0.2) is 41.9 Å². The van der Waals surface area contributed by atoms with Crippen LogP contribution in [0.3, 0.4) is 0 Å². The lowest BCUT2D eigenvalue weighted by Crippen LogP contribution is -2.41. The number of aliphatic hydroxyl groups excluding tert-OH is 1. The largest absolute Gasteiger partial charge is 0.462 e. The lowest BCUT2D eigenvalue weighted by atomic mass is 10.0. The van der Waals surface area contributed by atoms with Crippen molar-refractivity contribution in [1.29, 1.82) is 0 Å². The topological polar surface area (TPSA) is 114 Å². The minimum Gasteiger partial charge on any atom is -0.462 e. The summed E-state index contributed by atoms with van der Waals surface area (Å²) in [4.78, 5) is 9.98. The highest BCUT2D eigenvalue weighted by Gasteiger charge is 2.35. The van der Waals surface area contributed by atoms with Crippen LogP contribution in [0.1, 0.15) is 11.5 Å². The van der Waals surface area contributed by atoms with Crippen LogP contribution in [0.25, 0.3) is 5.57 Å². The van der Waals surface area contributed by atoms with Gasteiger partial charge in [-0.2, -0.15) is 4.31 Å². The number of nitro benzene ring substituents is 1. The molecule has 1 N–H and O–H groups in total. The standard InChI is InChI=1S/C16H16N2O6S/c1-11-6-7-15(24-11)12-8-9-17(10-14(12)19)25(22,23)16-5-3-2-4-13(16)18(20)21/h2-8,14,19H,9-10H2,1H3. The molecule has 1 unspecified atom stereocenters. The van der Waals surface area contributed by atoms with E-state index in [0.29, 0.717) is 17.1 Å². The molecule has 132 valence electrons. The molecule has 0 amide bonds. The van der Waals surface area contributed by atoms with Crippen LogP contribution in [0.5, 0.6) is 0 Å². The summed E-state index contributed by atoms with van der Waals surface area (Å²) in [5.74, 6) is 1.16. The van der Waals surface area contributed by atoms with Gasteiger partial charge in [0, 0.05) is 24.7 Å². The molecule has 0 aliphatic carbocycles. The summed E-state index contributed by atoms with van der Waals surface area (Å²) >= 11 is 0. The molecule has 2 heterocycles. The number of hydrogen-bond donors (Lipinski definition) is 1. The van der Waals surface area contributed by atoms with E-state index in [9.17, 15) is 23.6 Å². The first kappa shape index (κ1) is 17.3. The van der Waals surface area contributed by atoms with Gasteiger partial charge in [-0.25, -0.2) is 8.42 Å². The molecule has 1 atom stereocenters. The van der Waals surface area contributed by atoms with Gasteiger partial charge in [0.15, 0.2) is 4.90 Å². The number of furan rings is 1. The summed E-state index contributed by atoms with van der Waals surface area (Å²) in [5, 5.41) is 21.4. The number of β-amino-alcohol motifs (C(OH)–C–C–N with tert-alkyl or cyclic N) is 1. The molecule has 1 aliphatic heterocycles. The van der Waals surface area contributed by atoms with Gasteiger partial charge in [-0.1, -0.05) is 18.2 Å². The normalized spacial score (nSPS) is 18.8. The van der Waals surface area contributed by atoms with Crippen molar-refractivity contribution < 1.29 is 22.9 Å². The maximum atomic E-state index is 12.8. The second-order valence-electron chi connectivity index (χ2n) is 5.63. The average molecular weight is 364 g/mol. The average Bonchev–Trinajstić information content (AvgIpc) is 3.00. The Morgan fingerprint density at radius 2 is 2.00 bits per heavy atom. The van der Waals surface area contributed by atoms with E-state index in [0.717, 1.165) is 10.4 Å². The third-order valence-electron chi connectivity index (χ3n) is 3.96. The zero-order valence-corrected chi connectivity index (χ0v) is 14.1. The van der Waals surface area contributed by atoms with Gasteiger partial charge in [-0.15, -0.1) is 0 Å². The SMILES string of the molecule is Cc1ccc(C2=CCN(S(=O)(=O)c3ccccc3[N+](=O)[O-])CC2O)o1. The molecular weight excluding hydrogens is 348 g/mol. The Balaban J connectivity index is 1.94. The van der Waals surface area contributed by atoms with Crippen LogP contribution < -0.4 is 0 Å². The Kier molecular flexibility index (Phi) is 4.46. The molecule has 9 heteroatoms. The quantitative estimate of drug-likeness (QED) is 0.655. The van der Waals surface area contributed by atoms with Crippen molar-refractivity contribution in [2.24, 2.45) is 0 Å². The van der Waals surface area contributed by atoms with Gasteiger partial charge in [0.25, 0.3) is 5.69 Å². The third-order valence-corrected chi connectivity index (χ3v) is 5.83. The number of para-hydroxylation sites is 1. The molecule has 0 fully saturated rings. The van der Waals surface area contributed by atoms with Crippen molar-refractivity contribution in [2.45, 2.75) is 17.9 Å². The van der Waals surface area contributed by atoms with Crippen LogP contribution in [-0.2, 0) is 10.0 Å². The molecule has 8 nitrogen and oxygen atoms in total. The minimum absolute atomic E-state index is 0.0134. The summed E-state index contributed by atoms with van der Waals surface area (Å²) in [6.45, 7) is 1.55. The molecule has 0 spiro atoms. The summed E-state index contributed by atoms with van der Waals surface area (Å²) in [5.41, 5.74) is 0.00976. The highest BCUT2D eigenvalue weighted by atomic mass is 32.2. The van der Waals surface area contributed by atoms with Crippen molar-refractivity contribution in [1.82, 2.24) is 4.31 Å². The third kappa shape index (κ3) is 3.21. The zero-order chi connectivity index (χ0) is 18.2. The first-order valence-corrected chi connectivity index (χ1v) is 8.93. The van der Waals surface area contributed by atoms with Crippen molar-refractivity contribution in [3.63, 3.8) is 0 Å². The van der Waals surface area contributed by atoms with Gasteiger partial charge >= 0.3 is 0 Å². The number of aliphatic hydroxyl groups is 1. The van der Waals surface area contributed by atoms with Gasteiger partial charge in [0.1, 0.15) is 11.5 Å². The van der Waals surface area contributed by atoms with E-state index in [1.54, 1.807) is 25.1 Å². The van der Waals surface area contributed by atoms with Crippen LogP contribution in [0, 0.1) is 17.0 Å². The molecule has 1 aromatic heterocycles. The maximum Gasteiger partial charge on any atom is 0.289 e. The molecule has 1 aromatic carbocycles. The van der Waals surface area contributed by atoms with Gasteiger partial charge in [0.2, 0.25) is 10.0 Å². The summed E-state index contributed by atoms with van der Waals surface area (Å²) in [6, 6.07) is 8.61. The Morgan fingerprint density at radius 1 is 1.28 bits per heavy atom. The maximum absolute atomic E-state index is 12.8. The van der Waals surface area contributed by atoms with E-state index < -0.39 is 31.6 Å². The minimum atomic E-state index is -4.11. The number of hydrogen-bond acceptors (Lipinski definition) is 6. The van der Waals surface area contributed by atoms with Gasteiger partial charge in [-0.3, -0.25) is 10.1 Å². The fourth-order valence-electron chi connectivity index (χ4n) is 2.72. The number of sulfonamides is 1. The molecule has 0 bridgehead atoms. The molecule has 25 heavy (non-hydrogen) atoms. The smallest absolute Gasteiger partial charge is 0.289 e. The van der Waals surface area contributed by atoms with E-state index >= 15 is 0 Å². The second-order valence-corrected chi connectivity index (χ2v) is 7.54. The lowest BCUT2D eigenvalue weighted by molar-refractivity contribution is -0.387. The van der Waals surface area contributed by atoms with Crippen LogP contribution in [0.15, 0.2) is 51.8 Å². The van der Waals surface area contributed by atoms with Gasteiger partial charge in [-0.05, 0) is 25.1 Å². The van der Waals surface area contributed by atoms with Crippen molar-refractivity contribution in [3.05, 3.63) is 64.1 Å². The van der Waals surface area contributed by atoms with Crippen LogP contribution in [0.4, 0.5) is 5.69 Å². The van der Waals surface area contributed by atoms with Crippen LogP contribution in [0.2, 0.25) is 0 Å². The van der Waals surface area contributed by atoms with Gasteiger partial charge < -0.3 is 9.52 Å². The van der Waals surface area contributed by atoms with E-state index in [-0.39, 0.29) is 13.1 Å². The molecule has 3 rings (SSSR count). The predicted octanol–water partition coefficient (Wildman–Crippen LogP) is 1.95. The van der Waals surface area contributed by atoms with E-state index in [2.05, 4.69) is 0 Å². The van der Waals surface area contributed by atoms with E-state index in [1.165, 1.54) is 18.2 Å². The first-order valence-electron chi connectivity index (χ1n) is 7.49. The summed E-state index contributed by atoms with van der Waals surface area (Å²) in [6.07, 6.45) is 0.468. The Labute approximate surface area is 144 Å². The fourth-order valence-corrected chi connectivity index (χ4v) is 4.26. The van der Waals surface area contributed by atoms with Crippen LogP contribution >= 0.6 is 0 Å². The van der Waals surface area contributed by atoms with E-state index in [4.69, 9.17) is 4.42 Å². The lowest BCUT2D eigenvalue weighted by Gasteiger charge is -2.28.